The molecule has 0 unspecified atom stereocenters. The summed E-state index contributed by atoms with van der Waals surface area (Å²) in [6, 6.07) is 11.0. The maximum absolute atomic E-state index is 12.7. The highest BCUT2D eigenvalue weighted by molar-refractivity contribution is 5.99. The molecule has 0 atom stereocenters. The van der Waals surface area contributed by atoms with Gasteiger partial charge in [0, 0.05) is 17.3 Å². The smallest absolute Gasteiger partial charge is 0.161 e. The first-order valence-corrected chi connectivity index (χ1v) is 5.84. The highest BCUT2D eigenvalue weighted by atomic mass is 19.1. The fraction of sp³-hybridized carbons (Fsp3) is 0.133. The lowest BCUT2D eigenvalue weighted by molar-refractivity contribution is 0.101. The summed E-state index contributed by atoms with van der Waals surface area (Å²) in [5.74, 6) is 0.216. The Morgan fingerprint density at radius 2 is 1.89 bits per heavy atom. The maximum atomic E-state index is 12.7. The average Bonchev–Trinajstić information content (AvgIpc) is 2.37. The number of hydrogen-bond acceptors (Lipinski definition) is 3. The van der Waals surface area contributed by atoms with Crippen LogP contribution in [0.15, 0.2) is 42.5 Å². The molecule has 0 aliphatic carbocycles. The summed E-state index contributed by atoms with van der Waals surface area (Å²) in [5, 5.41) is 0. The Morgan fingerprint density at radius 3 is 2.47 bits per heavy atom. The lowest BCUT2D eigenvalue weighted by Crippen LogP contribution is -2.01. The van der Waals surface area contributed by atoms with Gasteiger partial charge in [-0.25, -0.2) is 4.39 Å². The lowest BCUT2D eigenvalue weighted by Gasteiger charge is -2.08. The van der Waals surface area contributed by atoms with E-state index in [0.29, 0.717) is 23.6 Å². The van der Waals surface area contributed by atoms with Crippen molar-refractivity contribution in [2.24, 2.45) is 0 Å². The van der Waals surface area contributed by atoms with Gasteiger partial charge in [-0.1, -0.05) is 12.1 Å². The predicted octanol–water partition coefficient (Wildman–Crippen LogP) is 3.19. The summed E-state index contributed by atoms with van der Waals surface area (Å²) < 4.78 is 18.3. The van der Waals surface area contributed by atoms with Gasteiger partial charge in [0.25, 0.3) is 0 Å². The molecular formula is C15H14FNO2. The molecule has 0 radical (unpaired) electrons. The molecule has 19 heavy (non-hydrogen) atoms. The molecule has 0 aliphatic heterocycles. The predicted molar refractivity (Wildman–Crippen MR) is 71.6 cm³/mol. The van der Waals surface area contributed by atoms with Crippen molar-refractivity contribution in [3.05, 3.63) is 59.4 Å². The molecule has 98 valence electrons. The number of halogens is 1. The number of nitrogens with two attached hydrogens (primary N) is 1. The van der Waals surface area contributed by atoms with E-state index in [1.165, 1.54) is 19.1 Å². The normalized spacial score (nSPS) is 10.2. The van der Waals surface area contributed by atoms with Gasteiger partial charge in [0.2, 0.25) is 0 Å². The van der Waals surface area contributed by atoms with Crippen LogP contribution >= 0.6 is 0 Å². The number of rotatable bonds is 4. The van der Waals surface area contributed by atoms with E-state index in [9.17, 15) is 9.18 Å². The number of hydrogen-bond donors (Lipinski definition) is 1. The van der Waals surface area contributed by atoms with Gasteiger partial charge in [0.15, 0.2) is 5.78 Å². The van der Waals surface area contributed by atoms with Crippen molar-refractivity contribution in [3.63, 3.8) is 0 Å². The van der Waals surface area contributed by atoms with Crippen molar-refractivity contribution in [2.75, 3.05) is 5.73 Å². The van der Waals surface area contributed by atoms with Crippen LogP contribution in [0.1, 0.15) is 22.8 Å². The molecule has 2 N–H and O–H groups in total. The highest BCUT2D eigenvalue weighted by Gasteiger charge is 2.06. The van der Waals surface area contributed by atoms with Crippen LogP contribution in [0, 0.1) is 5.82 Å². The molecule has 0 heterocycles. The number of nitrogen functional groups attached to an aromatic ring is 1. The van der Waals surface area contributed by atoms with E-state index in [-0.39, 0.29) is 11.6 Å². The van der Waals surface area contributed by atoms with Crippen LogP contribution in [0.5, 0.6) is 5.75 Å². The molecular weight excluding hydrogens is 245 g/mol. The van der Waals surface area contributed by atoms with Crippen LogP contribution in [0.25, 0.3) is 0 Å². The van der Waals surface area contributed by atoms with E-state index in [1.54, 1.807) is 30.3 Å². The third-order valence-electron chi connectivity index (χ3n) is 2.72. The summed E-state index contributed by atoms with van der Waals surface area (Å²) >= 11 is 0. The Bertz CT molecular complexity index is 594. The van der Waals surface area contributed by atoms with Crippen molar-refractivity contribution in [1.29, 1.82) is 0 Å². The summed E-state index contributed by atoms with van der Waals surface area (Å²) in [6.45, 7) is 1.78. The molecule has 3 nitrogen and oxygen atoms in total. The molecule has 0 bridgehead atoms. The van der Waals surface area contributed by atoms with E-state index < -0.39 is 0 Å². The summed E-state index contributed by atoms with van der Waals surface area (Å²) in [7, 11) is 0. The van der Waals surface area contributed by atoms with Crippen molar-refractivity contribution in [3.8, 4) is 5.75 Å². The Kier molecular flexibility index (Phi) is 3.80. The molecule has 0 amide bonds. The number of Topliss-reactive ketones (excluding diaryl/α,β-unsaturated/α-hetero) is 1. The fourth-order valence-corrected chi connectivity index (χ4v) is 1.70. The fourth-order valence-electron chi connectivity index (χ4n) is 1.70. The zero-order chi connectivity index (χ0) is 13.8. The molecule has 0 aromatic heterocycles. The largest absolute Gasteiger partial charge is 0.489 e. The maximum Gasteiger partial charge on any atom is 0.161 e. The second-order valence-corrected chi connectivity index (χ2v) is 4.22. The van der Waals surface area contributed by atoms with Gasteiger partial charge in [-0.2, -0.15) is 0 Å². The molecule has 0 aliphatic rings. The first-order chi connectivity index (χ1) is 9.06. The second-order valence-electron chi connectivity index (χ2n) is 4.22. The van der Waals surface area contributed by atoms with Crippen molar-refractivity contribution in [2.45, 2.75) is 13.5 Å². The minimum absolute atomic E-state index is 0.0809. The van der Waals surface area contributed by atoms with Crippen LogP contribution in [-0.4, -0.2) is 5.78 Å². The van der Waals surface area contributed by atoms with Gasteiger partial charge in [-0.05, 0) is 36.8 Å². The molecule has 0 saturated carbocycles. The Hall–Kier alpha value is -2.36. The first-order valence-electron chi connectivity index (χ1n) is 5.84. The quantitative estimate of drug-likeness (QED) is 0.677. The Labute approximate surface area is 110 Å². The molecule has 2 aromatic carbocycles. The number of carbonyl (C=O) groups is 1. The Balaban J connectivity index is 2.06. The SMILES string of the molecule is CC(=O)c1ccc(OCc2ccc(F)cc2)cc1N. The summed E-state index contributed by atoms with van der Waals surface area (Å²) in [6.07, 6.45) is 0. The number of benzene rings is 2. The molecule has 0 fully saturated rings. The second kappa shape index (κ2) is 5.52. The minimum atomic E-state index is -0.279. The number of carbonyl (C=O) groups excluding carboxylic acids is 1. The van der Waals surface area contributed by atoms with Gasteiger partial charge in [-0.15, -0.1) is 0 Å². The lowest BCUT2D eigenvalue weighted by atomic mass is 10.1. The molecule has 2 rings (SSSR count). The minimum Gasteiger partial charge on any atom is -0.489 e. The standard InChI is InChI=1S/C15H14FNO2/c1-10(18)14-7-6-13(8-15(14)17)19-9-11-2-4-12(16)5-3-11/h2-8H,9,17H2,1H3. The van der Waals surface area contributed by atoms with Gasteiger partial charge in [0.1, 0.15) is 18.2 Å². The highest BCUT2D eigenvalue weighted by Crippen LogP contribution is 2.21. The van der Waals surface area contributed by atoms with E-state index in [0.717, 1.165) is 5.56 Å². The van der Waals surface area contributed by atoms with Gasteiger partial charge >= 0.3 is 0 Å². The zero-order valence-corrected chi connectivity index (χ0v) is 10.5. The number of ketones is 1. The van der Waals surface area contributed by atoms with Crippen molar-refractivity contribution in [1.82, 2.24) is 0 Å². The van der Waals surface area contributed by atoms with Gasteiger partial charge in [0.05, 0.1) is 0 Å². The van der Waals surface area contributed by atoms with Crippen LogP contribution in [0.3, 0.4) is 0 Å². The average molecular weight is 259 g/mol. The zero-order valence-electron chi connectivity index (χ0n) is 10.5. The van der Waals surface area contributed by atoms with Crippen LogP contribution in [-0.2, 0) is 6.61 Å². The third-order valence-corrected chi connectivity index (χ3v) is 2.72. The van der Waals surface area contributed by atoms with E-state index in [2.05, 4.69) is 0 Å². The Morgan fingerprint density at radius 1 is 1.21 bits per heavy atom. The van der Waals surface area contributed by atoms with Gasteiger partial charge in [-0.3, -0.25) is 4.79 Å². The van der Waals surface area contributed by atoms with E-state index in [4.69, 9.17) is 10.5 Å². The molecule has 2 aromatic rings. The van der Waals surface area contributed by atoms with Crippen LogP contribution in [0.4, 0.5) is 10.1 Å². The van der Waals surface area contributed by atoms with Crippen LogP contribution < -0.4 is 10.5 Å². The third kappa shape index (κ3) is 3.31. The number of ether oxygens (including phenoxy) is 1. The molecule has 4 heteroatoms. The monoisotopic (exact) mass is 259 g/mol. The van der Waals surface area contributed by atoms with E-state index >= 15 is 0 Å². The summed E-state index contributed by atoms with van der Waals surface area (Å²) in [5.41, 5.74) is 7.49. The first kappa shape index (κ1) is 13.1. The number of anilines is 1. The summed E-state index contributed by atoms with van der Waals surface area (Å²) in [4.78, 5) is 11.2. The van der Waals surface area contributed by atoms with Gasteiger partial charge < -0.3 is 10.5 Å². The van der Waals surface area contributed by atoms with E-state index in [1.807, 2.05) is 0 Å². The van der Waals surface area contributed by atoms with Crippen molar-refractivity contribution < 1.29 is 13.9 Å². The topological polar surface area (TPSA) is 52.3 Å². The van der Waals surface area contributed by atoms with Crippen molar-refractivity contribution >= 4 is 11.5 Å². The molecule has 0 spiro atoms. The van der Waals surface area contributed by atoms with Crippen LogP contribution in [0.2, 0.25) is 0 Å². The molecule has 0 saturated heterocycles.